The molecule has 0 atom stereocenters. The van der Waals surface area contributed by atoms with E-state index in [4.69, 9.17) is 0 Å². The Morgan fingerprint density at radius 3 is 2.47 bits per heavy atom. The van der Waals surface area contributed by atoms with Crippen LogP contribution in [0.25, 0.3) is 0 Å². The van der Waals surface area contributed by atoms with E-state index in [0.29, 0.717) is 6.04 Å². The van der Waals surface area contributed by atoms with E-state index in [0.717, 1.165) is 12.5 Å². The number of rotatable bonds is 5. The molecule has 2 heteroatoms. The summed E-state index contributed by atoms with van der Waals surface area (Å²) in [5, 5.41) is 3.57. The van der Waals surface area contributed by atoms with Crippen LogP contribution in [0.5, 0.6) is 0 Å². The predicted octanol–water partition coefficient (Wildman–Crippen LogP) is 2.27. The molecule has 1 fully saturated rings. The van der Waals surface area contributed by atoms with Gasteiger partial charge in [-0.3, -0.25) is 0 Å². The fourth-order valence-corrected chi connectivity index (χ4v) is 2.15. The normalized spacial score (nSPS) is 19.7. The molecule has 1 rings (SSSR count). The van der Waals surface area contributed by atoms with Crippen molar-refractivity contribution < 1.29 is 0 Å². The molecule has 1 aliphatic rings. The third kappa shape index (κ3) is 5.33. The van der Waals surface area contributed by atoms with Crippen molar-refractivity contribution in [2.75, 3.05) is 26.2 Å². The minimum absolute atomic E-state index is 0.713. The van der Waals surface area contributed by atoms with Crippen molar-refractivity contribution in [3.8, 4) is 0 Å². The van der Waals surface area contributed by atoms with Crippen molar-refractivity contribution in [2.45, 2.75) is 39.7 Å². The average Bonchev–Trinajstić information content (AvgIpc) is 2.16. The third-order valence-corrected chi connectivity index (χ3v) is 2.90. The maximum Gasteiger partial charge on any atom is 0.0161 e. The predicted molar refractivity (Wildman–Crippen MR) is 67.1 cm³/mol. The molecule has 1 aliphatic heterocycles. The summed E-state index contributed by atoms with van der Waals surface area (Å²) < 4.78 is 0. The molecule has 0 aliphatic carbocycles. The summed E-state index contributed by atoms with van der Waals surface area (Å²) in [5.74, 6) is 0.796. The van der Waals surface area contributed by atoms with Gasteiger partial charge in [0, 0.05) is 19.1 Å². The number of nitrogens with zero attached hydrogens (tertiary/aromatic N) is 1. The molecule has 0 saturated carbocycles. The SMILES string of the molecule is C=C(C)CNC1CCN(CC(C)C)CC1. The Hall–Kier alpha value is -0.340. The van der Waals surface area contributed by atoms with Gasteiger partial charge in [0.25, 0.3) is 0 Å². The molecule has 0 unspecified atom stereocenters. The monoisotopic (exact) mass is 210 g/mol. The van der Waals surface area contributed by atoms with Gasteiger partial charge in [-0.25, -0.2) is 0 Å². The highest BCUT2D eigenvalue weighted by Crippen LogP contribution is 2.12. The zero-order valence-corrected chi connectivity index (χ0v) is 10.6. The minimum Gasteiger partial charge on any atom is -0.310 e. The van der Waals surface area contributed by atoms with Gasteiger partial charge in [0.2, 0.25) is 0 Å². The number of likely N-dealkylation sites (tertiary alicyclic amines) is 1. The van der Waals surface area contributed by atoms with Crippen LogP contribution in [0, 0.1) is 5.92 Å². The van der Waals surface area contributed by atoms with E-state index in [1.54, 1.807) is 0 Å². The molecule has 0 spiro atoms. The fraction of sp³-hybridized carbons (Fsp3) is 0.846. The summed E-state index contributed by atoms with van der Waals surface area (Å²) in [5.41, 5.74) is 1.24. The molecule has 0 amide bonds. The van der Waals surface area contributed by atoms with E-state index in [2.05, 4.69) is 37.6 Å². The largest absolute Gasteiger partial charge is 0.310 e. The van der Waals surface area contributed by atoms with Crippen LogP contribution in [-0.2, 0) is 0 Å². The lowest BCUT2D eigenvalue weighted by molar-refractivity contribution is 0.181. The van der Waals surface area contributed by atoms with Gasteiger partial charge < -0.3 is 10.2 Å². The van der Waals surface area contributed by atoms with Gasteiger partial charge in [0.05, 0.1) is 0 Å². The average molecular weight is 210 g/mol. The Morgan fingerprint density at radius 2 is 2.00 bits per heavy atom. The van der Waals surface area contributed by atoms with Crippen LogP contribution < -0.4 is 5.32 Å². The van der Waals surface area contributed by atoms with Gasteiger partial charge in [0.1, 0.15) is 0 Å². The second-order valence-electron chi connectivity index (χ2n) is 5.31. The Morgan fingerprint density at radius 1 is 1.40 bits per heavy atom. The molecule has 2 nitrogen and oxygen atoms in total. The maximum atomic E-state index is 3.92. The van der Waals surface area contributed by atoms with E-state index >= 15 is 0 Å². The van der Waals surface area contributed by atoms with Crippen LogP contribution in [0.3, 0.4) is 0 Å². The molecule has 15 heavy (non-hydrogen) atoms. The molecule has 0 aromatic heterocycles. The first kappa shape index (κ1) is 12.7. The number of hydrogen-bond acceptors (Lipinski definition) is 2. The fourth-order valence-electron chi connectivity index (χ4n) is 2.15. The van der Waals surface area contributed by atoms with Crippen LogP contribution in [0.1, 0.15) is 33.6 Å². The standard InChI is InChI=1S/C13H26N2/c1-11(2)9-14-13-5-7-15(8-6-13)10-12(3)4/h12-14H,1,5-10H2,2-4H3. The Balaban J connectivity index is 2.15. The summed E-state index contributed by atoms with van der Waals surface area (Å²) in [6, 6.07) is 0.713. The number of piperidine rings is 1. The first-order valence-electron chi connectivity index (χ1n) is 6.18. The molecular weight excluding hydrogens is 184 g/mol. The van der Waals surface area contributed by atoms with Gasteiger partial charge >= 0.3 is 0 Å². The van der Waals surface area contributed by atoms with E-state index in [-0.39, 0.29) is 0 Å². The molecular formula is C13H26N2. The molecule has 1 heterocycles. The molecule has 1 N–H and O–H groups in total. The van der Waals surface area contributed by atoms with Crippen LogP contribution in [0.2, 0.25) is 0 Å². The van der Waals surface area contributed by atoms with Crippen LogP contribution in [0.15, 0.2) is 12.2 Å². The lowest BCUT2D eigenvalue weighted by Crippen LogP contribution is -2.43. The molecule has 0 aromatic carbocycles. The van der Waals surface area contributed by atoms with Crippen molar-refractivity contribution in [3.05, 3.63) is 12.2 Å². The zero-order valence-electron chi connectivity index (χ0n) is 10.6. The topological polar surface area (TPSA) is 15.3 Å². The van der Waals surface area contributed by atoms with Crippen molar-refractivity contribution in [2.24, 2.45) is 5.92 Å². The molecule has 0 aromatic rings. The first-order chi connectivity index (χ1) is 7.08. The van der Waals surface area contributed by atoms with E-state index in [9.17, 15) is 0 Å². The lowest BCUT2D eigenvalue weighted by Gasteiger charge is -2.33. The smallest absolute Gasteiger partial charge is 0.0161 e. The number of nitrogens with one attached hydrogen (secondary N) is 1. The third-order valence-electron chi connectivity index (χ3n) is 2.90. The summed E-state index contributed by atoms with van der Waals surface area (Å²) in [7, 11) is 0. The summed E-state index contributed by atoms with van der Waals surface area (Å²) in [4.78, 5) is 2.59. The highest BCUT2D eigenvalue weighted by atomic mass is 15.1. The first-order valence-corrected chi connectivity index (χ1v) is 6.18. The zero-order chi connectivity index (χ0) is 11.3. The van der Waals surface area contributed by atoms with Crippen LogP contribution >= 0.6 is 0 Å². The highest BCUT2D eigenvalue weighted by Gasteiger charge is 2.18. The Kier molecular flexibility index (Phi) is 5.34. The summed E-state index contributed by atoms with van der Waals surface area (Å²) in [6.45, 7) is 15.3. The minimum atomic E-state index is 0.713. The van der Waals surface area contributed by atoms with Crippen molar-refractivity contribution in [3.63, 3.8) is 0 Å². The van der Waals surface area contributed by atoms with Gasteiger partial charge in [0.15, 0.2) is 0 Å². The quantitative estimate of drug-likeness (QED) is 0.700. The molecule has 1 saturated heterocycles. The Bertz CT molecular complexity index is 191. The van der Waals surface area contributed by atoms with Crippen molar-refractivity contribution in [1.29, 1.82) is 0 Å². The highest BCUT2D eigenvalue weighted by molar-refractivity contribution is 4.92. The van der Waals surface area contributed by atoms with Crippen molar-refractivity contribution in [1.82, 2.24) is 10.2 Å². The Labute approximate surface area is 94.7 Å². The second-order valence-corrected chi connectivity index (χ2v) is 5.31. The lowest BCUT2D eigenvalue weighted by atomic mass is 10.0. The molecule has 88 valence electrons. The second kappa shape index (κ2) is 6.29. The van der Waals surface area contributed by atoms with Crippen molar-refractivity contribution >= 4 is 0 Å². The van der Waals surface area contributed by atoms with Crippen LogP contribution in [0.4, 0.5) is 0 Å². The van der Waals surface area contributed by atoms with E-state index in [1.165, 1.54) is 38.0 Å². The maximum absolute atomic E-state index is 3.92. The van der Waals surface area contributed by atoms with Gasteiger partial charge in [-0.2, -0.15) is 0 Å². The van der Waals surface area contributed by atoms with E-state index in [1.807, 2.05) is 0 Å². The van der Waals surface area contributed by atoms with E-state index < -0.39 is 0 Å². The summed E-state index contributed by atoms with van der Waals surface area (Å²) >= 11 is 0. The van der Waals surface area contributed by atoms with Gasteiger partial charge in [-0.05, 0) is 38.8 Å². The molecule has 0 radical (unpaired) electrons. The summed E-state index contributed by atoms with van der Waals surface area (Å²) in [6.07, 6.45) is 2.58. The van der Waals surface area contributed by atoms with Gasteiger partial charge in [-0.15, -0.1) is 0 Å². The molecule has 0 bridgehead atoms. The van der Waals surface area contributed by atoms with Crippen LogP contribution in [-0.4, -0.2) is 37.1 Å². The van der Waals surface area contributed by atoms with Gasteiger partial charge in [-0.1, -0.05) is 26.0 Å². The number of hydrogen-bond donors (Lipinski definition) is 1.